The van der Waals surface area contributed by atoms with Crippen molar-refractivity contribution in [2.45, 2.75) is 19.8 Å². The van der Waals surface area contributed by atoms with Crippen LogP contribution >= 0.6 is 11.6 Å². The molecule has 1 aliphatic rings. The number of hydrogen-bond donors (Lipinski definition) is 1. The van der Waals surface area contributed by atoms with Gasteiger partial charge in [-0.2, -0.15) is 0 Å². The highest BCUT2D eigenvalue weighted by Gasteiger charge is 2.35. The first-order chi connectivity index (χ1) is 11.4. The zero-order chi connectivity index (χ0) is 17.9. The summed E-state index contributed by atoms with van der Waals surface area (Å²) in [5.41, 5.74) is 1.01. The minimum absolute atomic E-state index is 0.0760. The van der Waals surface area contributed by atoms with Crippen LogP contribution in [0.25, 0.3) is 0 Å². The number of ether oxygens (including phenoxy) is 1. The quantitative estimate of drug-likeness (QED) is 0.288. The van der Waals surface area contributed by atoms with E-state index in [1.807, 2.05) is 0 Å². The van der Waals surface area contributed by atoms with Gasteiger partial charge in [-0.1, -0.05) is 23.7 Å². The normalized spacial score (nSPS) is 17.4. The summed E-state index contributed by atoms with van der Waals surface area (Å²) in [6.07, 6.45) is 0.532. The molecule has 2 rings (SSSR count). The lowest BCUT2D eigenvalue weighted by Gasteiger charge is -2.28. The number of allylic oxidation sites excluding steroid dienone is 2. The highest BCUT2D eigenvalue weighted by atomic mass is 35.5. The fraction of sp³-hybridized carbons (Fsp3) is 0.250. The Bertz CT molecular complexity index is 769. The zero-order valence-electron chi connectivity index (χ0n) is 13.0. The second kappa shape index (κ2) is 7.27. The third-order valence-electron chi connectivity index (χ3n) is 3.59. The van der Waals surface area contributed by atoms with Gasteiger partial charge in [-0.15, -0.1) is 0 Å². The van der Waals surface area contributed by atoms with Crippen molar-refractivity contribution in [2.24, 2.45) is 0 Å². The highest BCUT2D eigenvalue weighted by Crippen LogP contribution is 2.39. The van der Waals surface area contributed by atoms with Gasteiger partial charge in [-0.05, 0) is 19.4 Å². The summed E-state index contributed by atoms with van der Waals surface area (Å²) in [6, 6.07) is 5.74. The van der Waals surface area contributed by atoms with Crippen molar-refractivity contribution >= 4 is 29.5 Å². The molecule has 1 aromatic carbocycles. The molecule has 1 aliphatic heterocycles. The smallest absolute Gasteiger partial charge is 0.336 e. The summed E-state index contributed by atoms with van der Waals surface area (Å²) in [5, 5.41) is 13.9. The SMILES string of the molecule is CCOC(=O)C1=C(C)NC(Cl)=C(C=O)[C@H]1c1cccc([N+](=O)[O-])c1. The molecule has 0 saturated carbocycles. The molecule has 0 aliphatic carbocycles. The number of nitro groups is 1. The highest BCUT2D eigenvalue weighted by molar-refractivity contribution is 6.31. The van der Waals surface area contributed by atoms with Crippen LogP contribution in [-0.4, -0.2) is 23.8 Å². The van der Waals surface area contributed by atoms with E-state index in [1.54, 1.807) is 19.9 Å². The van der Waals surface area contributed by atoms with E-state index in [9.17, 15) is 19.7 Å². The van der Waals surface area contributed by atoms with E-state index in [0.717, 1.165) is 0 Å². The van der Waals surface area contributed by atoms with Crippen LogP contribution in [-0.2, 0) is 14.3 Å². The zero-order valence-corrected chi connectivity index (χ0v) is 13.8. The number of dihydropyridines is 1. The van der Waals surface area contributed by atoms with Crippen LogP contribution < -0.4 is 5.32 Å². The van der Waals surface area contributed by atoms with Crippen molar-refractivity contribution in [2.75, 3.05) is 6.61 Å². The summed E-state index contributed by atoms with van der Waals surface area (Å²) in [7, 11) is 0. The number of halogens is 1. The lowest BCUT2D eigenvalue weighted by Crippen LogP contribution is -2.29. The van der Waals surface area contributed by atoms with Crippen molar-refractivity contribution in [3.8, 4) is 0 Å². The molecule has 126 valence electrons. The third kappa shape index (κ3) is 3.30. The molecule has 1 N–H and O–H groups in total. The number of aldehydes is 1. The molecule has 1 aromatic rings. The maximum atomic E-state index is 12.3. The number of carbonyl (C=O) groups excluding carboxylic acids is 2. The maximum absolute atomic E-state index is 12.3. The first-order valence-electron chi connectivity index (χ1n) is 7.14. The molecule has 1 atom stereocenters. The minimum Gasteiger partial charge on any atom is -0.463 e. The fourth-order valence-corrected chi connectivity index (χ4v) is 2.86. The number of rotatable bonds is 5. The van der Waals surface area contributed by atoms with Crippen LogP contribution in [0.3, 0.4) is 0 Å². The van der Waals surface area contributed by atoms with Crippen molar-refractivity contribution in [3.05, 3.63) is 61.9 Å². The van der Waals surface area contributed by atoms with E-state index in [1.165, 1.54) is 18.2 Å². The number of carbonyl (C=O) groups is 2. The van der Waals surface area contributed by atoms with Crippen LogP contribution in [0.5, 0.6) is 0 Å². The van der Waals surface area contributed by atoms with Crippen LogP contribution in [0.15, 0.2) is 46.3 Å². The van der Waals surface area contributed by atoms with Crippen LogP contribution in [0.1, 0.15) is 25.3 Å². The average Bonchev–Trinajstić information content (AvgIpc) is 2.54. The second-order valence-electron chi connectivity index (χ2n) is 5.06. The van der Waals surface area contributed by atoms with Gasteiger partial charge in [0, 0.05) is 29.3 Å². The molecule has 0 unspecified atom stereocenters. The Morgan fingerprint density at radius 3 is 2.79 bits per heavy atom. The molecule has 0 aromatic heterocycles. The van der Waals surface area contributed by atoms with E-state index in [2.05, 4.69) is 5.32 Å². The molecule has 0 saturated heterocycles. The Morgan fingerprint density at radius 2 is 2.21 bits per heavy atom. The molecule has 0 radical (unpaired) electrons. The average molecular weight is 351 g/mol. The summed E-state index contributed by atoms with van der Waals surface area (Å²) < 4.78 is 5.06. The Hall–Kier alpha value is -2.67. The number of nitro benzene ring substituents is 1. The Morgan fingerprint density at radius 1 is 1.50 bits per heavy atom. The van der Waals surface area contributed by atoms with E-state index in [4.69, 9.17) is 16.3 Å². The van der Waals surface area contributed by atoms with Crippen LogP contribution in [0.4, 0.5) is 5.69 Å². The lowest BCUT2D eigenvalue weighted by molar-refractivity contribution is -0.384. The van der Waals surface area contributed by atoms with Gasteiger partial charge in [0.15, 0.2) is 0 Å². The monoisotopic (exact) mass is 350 g/mol. The number of non-ortho nitro benzene ring substituents is 1. The maximum Gasteiger partial charge on any atom is 0.336 e. The largest absolute Gasteiger partial charge is 0.463 e. The summed E-state index contributed by atoms with van der Waals surface area (Å²) in [4.78, 5) is 34.3. The minimum atomic E-state index is -0.838. The van der Waals surface area contributed by atoms with Gasteiger partial charge in [0.05, 0.1) is 17.1 Å². The molecule has 0 amide bonds. The predicted octanol–water partition coefficient (Wildman–Crippen LogP) is 2.77. The van der Waals surface area contributed by atoms with E-state index in [-0.39, 0.29) is 28.6 Å². The Kier molecular flexibility index (Phi) is 5.35. The lowest BCUT2D eigenvalue weighted by atomic mass is 9.82. The van der Waals surface area contributed by atoms with Crippen molar-refractivity contribution in [1.82, 2.24) is 5.32 Å². The standard InChI is InChI=1S/C16H15ClN2O5/c1-3-24-16(21)13-9(2)18-15(17)12(8-20)14(13)10-5-4-6-11(7-10)19(22)23/h4-8,14,18H,3H2,1-2H3/t14-/m1/s1. The van der Waals surface area contributed by atoms with Crippen molar-refractivity contribution < 1.29 is 19.2 Å². The van der Waals surface area contributed by atoms with Gasteiger partial charge in [-0.3, -0.25) is 14.9 Å². The van der Waals surface area contributed by atoms with Crippen LogP contribution in [0.2, 0.25) is 0 Å². The molecular weight excluding hydrogens is 336 g/mol. The van der Waals surface area contributed by atoms with Crippen molar-refractivity contribution in [1.29, 1.82) is 0 Å². The van der Waals surface area contributed by atoms with Gasteiger partial charge >= 0.3 is 5.97 Å². The second-order valence-corrected chi connectivity index (χ2v) is 5.43. The molecule has 1 heterocycles. The number of esters is 1. The van der Waals surface area contributed by atoms with E-state index in [0.29, 0.717) is 17.5 Å². The van der Waals surface area contributed by atoms with E-state index < -0.39 is 16.8 Å². The Balaban J connectivity index is 2.64. The fourth-order valence-electron chi connectivity index (χ4n) is 2.57. The summed E-state index contributed by atoms with van der Waals surface area (Å²) >= 11 is 6.09. The van der Waals surface area contributed by atoms with Crippen LogP contribution in [0, 0.1) is 10.1 Å². The summed E-state index contributed by atoms with van der Waals surface area (Å²) in [6.45, 7) is 3.45. The van der Waals surface area contributed by atoms with Crippen molar-refractivity contribution in [3.63, 3.8) is 0 Å². The van der Waals surface area contributed by atoms with Gasteiger partial charge < -0.3 is 10.1 Å². The number of hydrogen-bond acceptors (Lipinski definition) is 6. The predicted molar refractivity (Wildman–Crippen MR) is 87.2 cm³/mol. The molecule has 7 nitrogen and oxygen atoms in total. The number of nitrogens with zero attached hydrogens (tertiary/aromatic N) is 1. The number of nitrogens with one attached hydrogen (secondary N) is 1. The summed E-state index contributed by atoms with van der Waals surface area (Å²) in [5.74, 6) is -1.45. The topological polar surface area (TPSA) is 98.5 Å². The van der Waals surface area contributed by atoms with Gasteiger partial charge in [0.1, 0.15) is 11.4 Å². The molecule has 24 heavy (non-hydrogen) atoms. The Labute approximate surface area is 143 Å². The molecule has 0 fully saturated rings. The molecule has 8 heteroatoms. The van der Waals surface area contributed by atoms with Gasteiger partial charge in [-0.25, -0.2) is 4.79 Å². The number of benzene rings is 1. The molecular formula is C16H15ClN2O5. The molecule has 0 spiro atoms. The first kappa shape index (κ1) is 17.7. The molecule has 0 bridgehead atoms. The van der Waals surface area contributed by atoms with Gasteiger partial charge in [0.2, 0.25) is 0 Å². The first-order valence-corrected chi connectivity index (χ1v) is 7.52. The third-order valence-corrected chi connectivity index (χ3v) is 3.90. The van der Waals surface area contributed by atoms with Gasteiger partial charge in [0.25, 0.3) is 5.69 Å². The van der Waals surface area contributed by atoms with E-state index >= 15 is 0 Å².